The second-order valence-electron chi connectivity index (χ2n) is 24.4. The third-order valence-electron chi connectivity index (χ3n) is 14.8. The third-order valence-corrected chi connectivity index (χ3v) is 14.8. The quantitative estimate of drug-likeness (QED) is 0.0211. The van der Waals surface area contributed by atoms with Gasteiger partial charge >= 0.3 is 17.9 Å². The van der Waals surface area contributed by atoms with Gasteiger partial charge in [-0.3, -0.25) is 9.59 Å². The zero-order chi connectivity index (χ0) is 64.7. The lowest BCUT2D eigenvalue weighted by Gasteiger charge is -2.25. The highest BCUT2D eigenvalue weighted by molar-refractivity contribution is 5.71. The van der Waals surface area contributed by atoms with Gasteiger partial charge in [-0.1, -0.05) is 294 Å². The van der Waals surface area contributed by atoms with Crippen LogP contribution in [0.25, 0.3) is 0 Å². The summed E-state index contributed by atoms with van der Waals surface area (Å²) in [4.78, 5) is 37.6. The molecule has 0 amide bonds. The van der Waals surface area contributed by atoms with Gasteiger partial charge in [-0.25, -0.2) is 4.79 Å². The van der Waals surface area contributed by atoms with E-state index in [9.17, 15) is 19.5 Å². The maximum atomic E-state index is 13.0. The van der Waals surface area contributed by atoms with Crippen LogP contribution < -0.4 is 0 Å². The molecule has 9 heteroatoms. The number of ether oxygens (including phenoxy) is 4. The maximum Gasteiger partial charge on any atom is 0.361 e. The van der Waals surface area contributed by atoms with Crippen molar-refractivity contribution in [1.29, 1.82) is 0 Å². The van der Waals surface area contributed by atoms with E-state index in [0.29, 0.717) is 23.9 Å². The van der Waals surface area contributed by atoms with Gasteiger partial charge in [0.15, 0.2) is 6.10 Å². The zero-order valence-electron chi connectivity index (χ0n) is 57.5. The fourth-order valence-corrected chi connectivity index (χ4v) is 9.41. The summed E-state index contributed by atoms with van der Waals surface area (Å²) >= 11 is 0. The molecule has 504 valence electrons. The van der Waals surface area contributed by atoms with Crippen LogP contribution in [0.1, 0.15) is 271 Å². The summed E-state index contributed by atoms with van der Waals surface area (Å²) in [5.74, 6) is -2.04. The van der Waals surface area contributed by atoms with E-state index in [0.717, 1.165) is 122 Å². The highest BCUT2D eigenvalue weighted by Gasteiger charge is 2.25. The molecule has 0 saturated heterocycles. The van der Waals surface area contributed by atoms with Crippen LogP contribution in [0.5, 0.6) is 0 Å². The molecule has 1 N–H and O–H groups in total. The van der Waals surface area contributed by atoms with Crippen LogP contribution in [-0.4, -0.2) is 87.4 Å². The van der Waals surface area contributed by atoms with Crippen molar-refractivity contribution in [3.05, 3.63) is 158 Å². The van der Waals surface area contributed by atoms with Crippen LogP contribution in [-0.2, 0) is 33.3 Å². The first kappa shape index (κ1) is 83.9. The van der Waals surface area contributed by atoms with E-state index in [1.54, 1.807) is 0 Å². The largest absolute Gasteiger partial charge is 0.477 e. The second kappa shape index (κ2) is 68.8. The molecule has 0 aromatic heterocycles. The topological polar surface area (TPSA) is 108 Å². The van der Waals surface area contributed by atoms with Crippen molar-refractivity contribution in [2.45, 2.75) is 283 Å². The molecule has 0 aromatic rings. The number of esters is 2. The molecule has 0 bridgehead atoms. The summed E-state index contributed by atoms with van der Waals surface area (Å²) in [6.45, 7) is 4.62. The van der Waals surface area contributed by atoms with Crippen molar-refractivity contribution in [3.63, 3.8) is 0 Å². The number of carbonyl (C=O) groups excluding carboxylic acids is 2. The summed E-state index contributed by atoms with van der Waals surface area (Å²) in [6, 6.07) is 0. The molecule has 2 unspecified atom stereocenters. The van der Waals surface area contributed by atoms with Crippen LogP contribution in [0.3, 0.4) is 0 Å². The summed E-state index contributed by atoms with van der Waals surface area (Å²) < 4.78 is 22.9. The molecule has 0 aromatic carbocycles. The van der Waals surface area contributed by atoms with Gasteiger partial charge in [0, 0.05) is 12.8 Å². The molecule has 2 atom stereocenters. The Kier molecular flexibility index (Phi) is 64.9. The molecule has 0 aliphatic rings. The normalized spacial score (nSPS) is 13.7. The predicted octanol–water partition coefficient (Wildman–Crippen LogP) is 22.5. The van der Waals surface area contributed by atoms with E-state index >= 15 is 0 Å². The lowest BCUT2D eigenvalue weighted by Crippen LogP contribution is -2.40. The van der Waals surface area contributed by atoms with Crippen LogP contribution in [0, 0.1) is 0 Å². The number of quaternary nitrogens is 1. The molecule has 0 aliphatic carbocycles. The monoisotopic (exact) mass is 1230 g/mol. The molecule has 0 spiro atoms. The van der Waals surface area contributed by atoms with Crippen LogP contribution in [0.15, 0.2) is 158 Å². The van der Waals surface area contributed by atoms with E-state index in [1.165, 1.54) is 109 Å². The molecule has 0 fully saturated rings. The SMILES string of the molecule is CC/C=C\C/C=C\C/C=C\C/C=C\C/C=C\C/C=C\C/C=C\CCCCCCCCCCCCCCCCCCCCCC(=O)OC(COC(=O)CCCCCC/C=C\C/C=C\C/C=C\C/C=C\C/C=C\C/C=C\CC)COC(OCC[N+](C)(C)C)C(=O)O. The zero-order valence-corrected chi connectivity index (χ0v) is 57.5. The van der Waals surface area contributed by atoms with Crippen molar-refractivity contribution < 1.29 is 42.9 Å². The Bertz CT molecular complexity index is 2020. The van der Waals surface area contributed by atoms with E-state index in [2.05, 4.69) is 172 Å². The highest BCUT2D eigenvalue weighted by Crippen LogP contribution is 2.17. The van der Waals surface area contributed by atoms with Gasteiger partial charge in [-0.2, -0.15) is 0 Å². The molecular formula is C80H132NO8+. The summed E-state index contributed by atoms with van der Waals surface area (Å²) in [7, 11) is 5.96. The van der Waals surface area contributed by atoms with Crippen molar-refractivity contribution in [2.24, 2.45) is 0 Å². The lowest BCUT2D eigenvalue weighted by molar-refractivity contribution is -0.870. The van der Waals surface area contributed by atoms with Crippen LogP contribution >= 0.6 is 0 Å². The van der Waals surface area contributed by atoms with Gasteiger partial charge in [-0.05, 0) is 122 Å². The minimum absolute atomic E-state index is 0.177. The first-order valence-electron chi connectivity index (χ1n) is 35.6. The number of carboxylic acids is 1. The average Bonchev–Trinajstić information content (AvgIpc) is 3.64. The van der Waals surface area contributed by atoms with Crippen molar-refractivity contribution in [2.75, 3.05) is 47.5 Å². The number of allylic oxidation sites excluding steroid dienone is 26. The summed E-state index contributed by atoms with van der Waals surface area (Å²) in [6.07, 6.45) is 99.3. The van der Waals surface area contributed by atoms with Crippen LogP contribution in [0.2, 0.25) is 0 Å². The number of carboxylic acid groups (broad SMARTS) is 1. The first-order valence-corrected chi connectivity index (χ1v) is 35.6. The molecule has 0 heterocycles. The Labute approximate surface area is 546 Å². The molecule has 0 rings (SSSR count). The van der Waals surface area contributed by atoms with Gasteiger partial charge in [0.2, 0.25) is 0 Å². The second-order valence-corrected chi connectivity index (χ2v) is 24.4. The fraction of sp³-hybridized carbons (Fsp3) is 0.637. The van der Waals surface area contributed by atoms with E-state index < -0.39 is 24.3 Å². The van der Waals surface area contributed by atoms with Gasteiger partial charge in [0.05, 0.1) is 34.4 Å². The number of rotatable bonds is 64. The Morgan fingerprint density at radius 1 is 0.337 bits per heavy atom. The summed E-state index contributed by atoms with van der Waals surface area (Å²) in [5.41, 5.74) is 0. The van der Waals surface area contributed by atoms with Gasteiger partial charge in [0.1, 0.15) is 13.2 Å². The molecule has 89 heavy (non-hydrogen) atoms. The molecule has 0 radical (unpaired) electrons. The number of carbonyl (C=O) groups is 3. The van der Waals surface area contributed by atoms with E-state index in [1.807, 2.05) is 21.1 Å². The minimum Gasteiger partial charge on any atom is -0.477 e. The van der Waals surface area contributed by atoms with E-state index in [-0.39, 0.29) is 38.6 Å². The van der Waals surface area contributed by atoms with Crippen molar-refractivity contribution in [1.82, 2.24) is 0 Å². The van der Waals surface area contributed by atoms with Gasteiger partial charge < -0.3 is 28.5 Å². The van der Waals surface area contributed by atoms with Crippen molar-refractivity contribution in [3.8, 4) is 0 Å². The molecule has 9 nitrogen and oxygen atoms in total. The number of unbranched alkanes of at least 4 members (excludes halogenated alkanes) is 23. The van der Waals surface area contributed by atoms with Crippen molar-refractivity contribution >= 4 is 17.9 Å². The Balaban J connectivity index is 4.10. The number of aliphatic carboxylic acids is 1. The smallest absolute Gasteiger partial charge is 0.361 e. The number of nitrogens with zero attached hydrogens (tertiary/aromatic N) is 1. The Morgan fingerprint density at radius 3 is 0.899 bits per heavy atom. The van der Waals surface area contributed by atoms with Crippen LogP contribution in [0.4, 0.5) is 0 Å². The first-order chi connectivity index (χ1) is 43.6. The molecule has 0 saturated carbocycles. The third kappa shape index (κ3) is 70.2. The Hall–Kier alpha value is -5.09. The lowest BCUT2D eigenvalue weighted by atomic mass is 10.0. The van der Waals surface area contributed by atoms with E-state index in [4.69, 9.17) is 18.9 Å². The standard InChI is InChI=1S/C80H131NO8/c1-6-8-10-12-14-16-18-20-22-24-26-28-30-31-32-33-34-35-36-37-38-39-40-41-42-43-44-45-46-47-49-51-53-55-57-59-61-63-65-67-69-71-78(83)89-76(75-88-80(79(84)85)86-73-72-81(3,4)5)74-87-77(82)70-68-66-64-62-60-58-56-54-52-50-48-29-27-25-23-21-19-17-15-13-11-9-7-2/h8-11,14-17,20-23,26-29,31-32,34-35,37-38,50,52,56,58,76,80H,6-7,12-13,18-19,24-25,30,33,36,39-49,51,53-55,57,59-75H2,1-5H3/p+1/b10-8-,11-9-,16-14-,17-15-,22-20-,23-21-,28-26-,29-27-,32-31-,35-34-,38-37-,52-50-,58-56-. The fourth-order valence-electron chi connectivity index (χ4n) is 9.41. The van der Waals surface area contributed by atoms with Gasteiger partial charge in [0.25, 0.3) is 6.29 Å². The van der Waals surface area contributed by atoms with Gasteiger partial charge in [-0.15, -0.1) is 0 Å². The average molecular weight is 1240 g/mol. The number of likely N-dealkylation sites (N-methyl/N-ethyl adjacent to an activating group) is 1. The number of hydrogen-bond acceptors (Lipinski definition) is 7. The predicted molar refractivity (Wildman–Crippen MR) is 382 cm³/mol. The Morgan fingerprint density at radius 2 is 0.607 bits per heavy atom. The highest BCUT2D eigenvalue weighted by atomic mass is 16.7. The maximum absolute atomic E-state index is 13.0. The molecule has 0 aliphatic heterocycles. The summed E-state index contributed by atoms with van der Waals surface area (Å²) in [5, 5.41) is 9.74. The molecular weight excluding hydrogens is 1100 g/mol. The number of hydrogen-bond donors (Lipinski definition) is 1. The minimum atomic E-state index is -1.53.